The van der Waals surface area contributed by atoms with Gasteiger partial charge in [0.2, 0.25) is 27.6 Å². The molecule has 0 radical (unpaired) electrons. The molecule has 0 aliphatic heterocycles. The summed E-state index contributed by atoms with van der Waals surface area (Å²) < 4.78 is 29.1. The second kappa shape index (κ2) is 7.84. The SMILES string of the molecule is CS(=O)(=O)NCCNC(=O)CCc1nc(-c2ccccc2)no1. The molecule has 1 amide bonds. The van der Waals surface area contributed by atoms with Gasteiger partial charge in [-0.15, -0.1) is 0 Å². The number of nitrogens with zero attached hydrogens (tertiary/aromatic N) is 2. The Labute approximate surface area is 134 Å². The molecule has 23 heavy (non-hydrogen) atoms. The molecule has 0 fully saturated rings. The molecule has 0 bridgehead atoms. The van der Waals surface area contributed by atoms with Gasteiger partial charge in [0.1, 0.15) is 0 Å². The minimum absolute atomic E-state index is 0.156. The first-order chi connectivity index (χ1) is 10.9. The first kappa shape index (κ1) is 17.1. The van der Waals surface area contributed by atoms with Gasteiger partial charge in [-0.2, -0.15) is 4.98 Å². The van der Waals surface area contributed by atoms with Gasteiger partial charge < -0.3 is 9.84 Å². The number of carbonyl (C=O) groups excluding carboxylic acids is 1. The number of hydrogen-bond donors (Lipinski definition) is 2. The summed E-state index contributed by atoms with van der Waals surface area (Å²) in [6, 6.07) is 9.40. The quantitative estimate of drug-likeness (QED) is 0.671. The summed E-state index contributed by atoms with van der Waals surface area (Å²) in [6.45, 7) is 0.383. The highest BCUT2D eigenvalue weighted by molar-refractivity contribution is 7.88. The average Bonchev–Trinajstić information content (AvgIpc) is 2.98. The maximum absolute atomic E-state index is 11.6. The van der Waals surface area contributed by atoms with Crippen LogP contribution < -0.4 is 10.0 Å². The summed E-state index contributed by atoms with van der Waals surface area (Å²) in [5.74, 6) is 0.659. The van der Waals surface area contributed by atoms with Crippen LogP contribution in [0.15, 0.2) is 34.9 Å². The van der Waals surface area contributed by atoms with E-state index in [1.165, 1.54) is 0 Å². The third kappa shape index (κ3) is 6.17. The third-order valence-electron chi connectivity index (χ3n) is 2.88. The zero-order valence-corrected chi connectivity index (χ0v) is 13.5. The number of aryl methyl sites for hydroxylation is 1. The van der Waals surface area contributed by atoms with Crippen LogP contribution in [0.25, 0.3) is 11.4 Å². The van der Waals surface area contributed by atoms with Crippen LogP contribution in [-0.4, -0.2) is 43.8 Å². The van der Waals surface area contributed by atoms with Crippen LogP contribution in [0, 0.1) is 0 Å². The Kier molecular flexibility index (Phi) is 5.83. The molecule has 0 atom stereocenters. The van der Waals surface area contributed by atoms with E-state index in [0.29, 0.717) is 18.1 Å². The molecule has 0 unspecified atom stereocenters. The number of amides is 1. The Balaban J connectivity index is 1.74. The highest BCUT2D eigenvalue weighted by Gasteiger charge is 2.10. The van der Waals surface area contributed by atoms with Crippen LogP contribution in [0.1, 0.15) is 12.3 Å². The predicted molar refractivity (Wildman–Crippen MR) is 83.9 cm³/mol. The summed E-state index contributed by atoms with van der Waals surface area (Å²) >= 11 is 0. The van der Waals surface area contributed by atoms with E-state index in [9.17, 15) is 13.2 Å². The number of nitrogens with one attached hydrogen (secondary N) is 2. The van der Waals surface area contributed by atoms with Crippen LogP contribution in [0.5, 0.6) is 0 Å². The van der Waals surface area contributed by atoms with E-state index in [0.717, 1.165) is 11.8 Å². The number of sulfonamides is 1. The van der Waals surface area contributed by atoms with Crippen LogP contribution in [-0.2, 0) is 21.2 Å². The van der Waals surface area contributed by atoms with Gasteiger partial charge in [0.25, 0.3) is 0 Å². The van der Waals surface area contributed by atoms with Gasteiger partial charge in [0, 0.05) is 31.5 Å². The summed E-state index contributed by atoms with van der Waals surface area (Å²) in [4.78, 5) is 15.9. The highest BCUT2D eigenvalue weighted by atomic mass is 32.2. The van der Waals surface area contributed by atoms with Gasteiger partial charge >= 0.3 is 0 Å². The highest BCUT2D eigenvalue weighted by Crippen LogP contribution is 2.15. The lowest BCUT2D eigenvalue weighted by atomic mass is 10.2. The zero-order chi connectivity index (χ0) is 16.7. The van der Waals surface area contributed by atoms with Gasteiger partial charge in [-0.25, -0.2) is 13.1 Å². The predicted octanol–water partition coefficient (Wildman–Crippen LogP) is 0.335. The Morgan fingerprint density at radius 1 is 1.22 bits per heavy atom. The minimum atomic E-state index is -3.24. The molecule has 2 aromatic rings. The summed E-state index contributed by atoms with van der Waals surface area (Å²) in [7, 11) is -3.24. The van der Waals surface area contributed by atoms with E-state index in [4.69, 9.17) is 4.52 Å². The summed E-state index contributed by atoms with van der Waals surface area (Å²) in [6.07, 6.45) is 1.58. The topological polar surface area (TPSA) is 114 Å². The van der Waals surface area contributed by atoms with Crippen LogP contribution in [0.2, 0.25) is 0 Å². The number of carbonyl (C=O) groups is 1. The first-order valence-electron chi connectivity index (χ1n) is 7.03. The van der Waals surface area contributed by atoms with Gasteiger partial charge in [-0.3, -0.25) is 4.79 Å². The Hall–Kier alpha value is -2.26. The molecule has 0 saturated heterocycles. The van der Waals surface area contributed by atoms with Crippen molar-refractivity contribution in [3.05, 3.63) is 36.2 Å². The lowest BCUT2D eigenvalue weighted by Crippen LogP contribution is -2.34. The number of hydrogen-bond acceptors (Lipinski definition) is 6. The molecule has 124 valence electrons. The molecule has 1 aromatic carbocycles. The first-order valence-corrected chi connectivity index (χ1v) is 8.92. The number of benzene rings is 1. The van der Waals surface area contributed by atoms with Gasteiger partial charge in [-0.1, -0.05) is 35.5 Å². The normalized spacial score (nSPS) is 11.3. The van der Waals surface area contributed by atoms with E-state index in [2.05, 4.69) is 20.2 Å². The van der Waals surface area contributed by atoms with Crippen molar-refractivity contribution in [1.82, 2.24) is 20.2 Å². The molecule has 1 aromatic heterocycles. The Bertz CT molecular complexity index is 743. The molecule has 1 heterocycles. The molecular formula is C14H18N4O4S. The van der Waals surface area contributed by atoms with E-state index < -0.39 is 10.0 Å². The molecular weight excluding hydrogens is 320 g/mol. The monoisotopic (exact) mass is 338 g/mol. The minimum Gasteiger partial charge on any atom is -0.355 e. The number of aromatic nitrogens is 2. The smallest absolute Gasteiger partial charge is 0.227 e. The van der Waals surface area contributed by atoms with E-state index >= 15 is 0 Å². The third-order valence-corrected chi connectivity index (χ3v) is 3.61. The maximum Gasteiger partial charge on any atom is 0.227 e. The van der Waals surface area contributed by atoms with Crippen molar-refractivity contribution < 1.29 is 17.7 Å². The van der Waals surface area contributed by atoms with Crippen LogP contribution in [0.3, 0.4) is 0 Å². The fourth-order valence-electron chi connectivity index (χ4n) is 1.81. The molecule has 0 aliphatic carbocycles. The molecule has 8 nitrogen and oxygen atoms in total. The standard InChI is InChI=1S/C14H18N4O4S/c1-23(20,21)16-10-9-15-12(19)7-8-13-17-14(18-22-13)11-5-3-2-4-6-11/h2-6,16H,7-10H2,1H3,(H,15,19). The van der Waals surface area contributed by atoms with E-state index in [1.54, 1.807) is 0 Å². The Morgan fingerprint density at radius 2 is 1.96 bits per heavy atom. The van der Waals surface area contributed by atoms with Gasteiger partial charge in [-0.05, 0) is 0 Å². The van der Waals surface area contributed by atoms with Crippen molar-refractivity contribution in [2.45, 2.75) is 12.8 Å². The van der Waals surface area contributed by atoms with E-state index in [1.807, 2.05) is 30.3 Å². The lowest BCUT2D eigenvalue weighted by molar-refractivity contribution is -0.121. The Morgan fingerprint density at radius 3 is 2.65 bits per heavy atom. The average molecular weight is 338 g/mol. The molecule has 2 N–H and O–H groups in total. The van der Waals surface area contributed by atoms with Crippen molar-refractivity contribution in [2.75, 3.05) is 19.3 Å². The van der Waals surface area contributed by atoms with Crippen molar-refractivity contribution in [1.29, 1.82) is 0 Å². The van der Waals surface area contributed by atoms with E-state index in [-0.39, 0.29) is 25.4 Å². The second-order valence-corrected chi connectivity index (χ2v) is 6.73. The number of rotatable bonds is 8. The molecule has 2 rings (SSSR count). The van der Waals surface area contributed by atoms with Crippen molar-refractivity contribution in [2.24, 2.45) is 0 Å². The van der Waals surface area contributed by atoms with Crippen LogP contribution in [0.4, 0.5) is 0 Å². The summed E-state index contributed by atoms with van der Waals surface area (Å²) in [5.41, 5.74) is 0.846. The second-order valence-electron chi connectivity index (χ2n) is 4.89. The molecule has 0 spiro atoms. The van der Waals surface area contributed by atoms with Crippen molar-refractivity contribution >= 4 is 15.9 Å². The molecule has 9 heteroatoms. The summed E-state index contributed by atoms with van der Waals surface area (Å²) in [5, 5.41) is 6.48. The largest absolute Gasteiger partial charge is 0.355 e. The van der Waals surface area contributed by atoms with Crippen LogP contribution >= 0.6 is 0 Å². The van der Waals surface area contributed by atoms with Crippen molar-refractivity contribution in [3.63, 3.8) is 0 Å². The molecule has 0 saturated carbocycles. The molecule has 0 aliphatic rings. The zero-order valence-electron chi connectivity index (χ0n) is 12.7. The van der Waals surface area contributed by atoms with Gasteiger partial charge in [0.05, 0.1) is 6.26 Å². The maximum atomic E-state index is 11.6. The van der Waals surface area contributed by atoms with Crippen molar-refractivity contribution in [3.8, 4) is 11.4 Å². The fraction of sp³-hybridized carbons (Fsp3) is 0.357. The lowest BCUT2D eigenvalue weighted by Gasteiger charge is -2.04. The fourth-order valence-corrected chi connectivity index (χ4v) is 2.28. The van der Waals surface area contributed by atoms with Gasteiger partial charge in [0.15, 0.2) is 0 Å².